The minimum Gasteiger partial charge on any atom is -0.497 e. The van der Waals surface area contributed by atoms with Crippen molar-refractivity contribution in [3.8, 4) is 5.75 Å². The van der Waals surface area contributed by atoms with Crippen LogP contribution in [0.3, 0.4) is 0 Å². The first-order chi connectivity index (χ1) is 8.85. The van der Waals surface area contributed by atoms with Crippen LogP contribution in [0, 0.1) is 0 Å². The molecule has 1 N–H and O–H groups in total. The molecule has 0 amide bonds. The van der Waals surface area contributed by atoms with E-state index in [1.165, 1.54) is 31.4 Å². The van der Waals surface area contributed by atoms with Gasteiger partial charge in [-0.3, -0.25) is 4.79 Å². The number of methoxy groups -OCH3 is 1. The van der Waals surface area contributed by atoms with Gasteiger partial charge in [-0.05, 0) is 37.1 Å². The molecule has 106 valence electrons. The van der Waals surface area contributed by atoms with Crippen LogP contribution >= 0.6 is 0 Å². The number of ether oxygens (including phenoxy) is 1. The van der Waals surface area contributed by atoms with E-state index in [1.54, 1.807) is 13.8 Å². The Morgan fingerprint density at radius 1 is 1.21 bits per heavy atom. The molecule has 0 aliphatic heterocycles. The lowest BCUT2D eigenvalue weighted by Gasteiger charge is -2.26. The number of carbonyl (C=O) groups is 1. The van der Waals surface area contributed by atoms with Gasteiger partial charge in [-0.2, -0.15) is 0 Å². The van der Waals surface area contributed by atoms with Gasteiger partial charge in [0.1, 0.15) is 5.75 Å². The molecule has 0 fully saturated rings. The molecule has 0 radical (unpaired) electrons. The molecule has 0 aliphatic carbocycles. The van der Waals surface area contributed by atoms with Gasteiger partial charge in [-0.1, -0.05) is 13.8 Å². The monoisotopic (exact) mass is 286 g/mol. The number of hydrogen-bond acceptors (Lipinski definition) is 4. The number of carboxylic acids is 1. The van der Waals surface area contributed by atoms with Crippen LogP contribution in [0.5, 0.6) is 5.75 Å². The largest absolute Gasteiger partial charge is 0.497 e. The van der Waals surface area contributed by atoms with Crippen LogP contribution in [0.1, 0.15) is 26.7 Å². The lowest BCUT2D eigenvalue weighted by Crippen LogP contribution is -2.45. The van der Waals surface area contributed by atoms with Crippen molar-refractivity contribution in [3.63, 3.8) is 0 Å². The molecule has 6 heteroatoms. The van der Waals surface area contributed by atoms with E-state index in [4.69, 9.17) is 4.74 Å². The highest BCUT2D eigenvalue weighted by Gasteiger charge is 2.48. The zero-order valence-electron chi connectivity index (χ0n) is 11.2. The topological polar surface area (TPSA) is 80.7 Å². The Labute approximate surface area is 113 Å². The van der Waals surface area contributed by atoms with Gasteiger partial charge in [0.05, 0.1) is 12.0 Å². The summed E-state index contributed by atoms with van der Waals surface area (Å²) in [4.78, 5) is 11.4. The van der Waals surface area contributed by atoms with Crippen LogP contribution < -0.4 is 4.74 Å². The predicted octanol–water partition coefficient (Wildman–Crippen LogP) is 2.11. The molecule has 0 unspecified atom stereocenters. The van der Waals surface area contributed by atoms with Crippen LogP contribution in [0.2, 0.25) is 0 Å². The maximum atomic E-state index is 12.5. The Hall–Kier alpha value is -1.56. The summed E-state index contributed by atoms with van der Waals surface area (Å²) in [6.45, 7) is 3.14. The van der Waals surface area contributed by atoms with Crippen molar-refractivity contribution in [3.05, 3.63) is 24.3 Å². The Kier molecular flexibility index (Phi) is 4.57. The second-order valence-electron chi connectivity index (χ2n) is 4.19. The van der Waals surface area contributed by atoms with Gasteiger partial charge in [0.25, 0.3) is 0 Å². The second kappa shape index (κ2) is 5.61. The van der Waals surface area contributed by atoms with E-state index in [2.05, 4.69) is 0 Å². The normalized spacial score (nSPS) is 12.2. The zero-order valence-corrected chi connectivity index (χ0v) is 12.0. The van der Waals surface area contributed by atoms with Crippen LogP contribution in [0.4, 0.5) is 0 Å². The van der Waals surface area contributed by atoms with Crippen molar-refractivity contribution in [2.45, 2.75) is 36.3 Å². The number of benzene rings is 1. The first-order valence-corrected chi connectivity index (χ1v) is 7.46. The third-order valence-electron chi connectivity index (χ3n) is 3.42. The van der Waals surface area contributed by atoms with Gasteiger partial charge >= 0.3 is 5.97 Å². The second-order valence-corrected chi connectivity index (χ2v) is 6.45. The third-order valence-corrected chi connectivity index (χ3v) is 6.09. The molecule has 0 saturated heterocycles. The van der Waals surface area contributed by atoms with Gasteiger partial charge in [0, 0.05) is 0 Å². The van der Waals surface area contributed by atoms with Crippen molar-refractivity contribution < 1.29 is 23.1 Å². The highest BCUT2D eigenvalue weighted by Crippen LogP contribution is 2.33. The van der Waals surface area contributed by atoms with E-state index < -0.39 is 20.6 Å². The molecular weight excluding hydrogens is 268 g/mol. The smallest absolute Gasteiger partial charge is 0.325 e. The SMILES string of the molecule is CCC(CC)(C(=O)O)S(=O)(=O)c1ccc(OC)cc1. The van der Waals surface area contributed by atoms with Crippen molar-refractivity contribution in [2.75, 3.05) is 7.11 Å². The summed E-state index contributed by atoms with van der Waals surface area (Å²) in [5, 5.41) is 9.32. The molecule has 5 nitrogen and oxygen atoms in total. The van der Waals surface area contributed by atoms with Gasteiger partial charge < -0.3 is 9.84 Å². The van der Waals surface area contributed by atoms with Gasteiger partial charge in [-0.15, -0.1) is 0 Å². The maximum absolute atomic E-state index is 12.5. The molecule has 0 saturated carbocycles. The first kappa shape index (κ1) is 15.5. The van der Waals surface area contributed by atoms with Crippen LogP contribution in [0.25, 0.3) is 0 Å². The predicted molar refractivity (Wildman–Crippen MR) is 71.1 cm³/mol. The fraction of sp³-hybridized carbons (Fsp3) is 0.462. The van der Waals surface area contributed by atoms with E-state index in [9.17, 15) is 18.3 Å². The molecule has 0 aliphatic rings. The van der Waals surface area contributed by atoms with E-state index >= 15 is 0 Å². The molecule has 0 aromatic heterocycles. The van der Waals surface area contributed by atoms with Crippen molar-refractivity contribution in [1.29, 1.82) is 0 Å². The summed E-state index contributed by atoms with van der Waals surface area (Å²) >= 11 is 0. The molecule has 0 atom stereocenters. The minimum atomic E-state index is -3.94. The number of hydrogen-bond donors (Lipinski definition) is 1. The standard InChI is InChI=1S/C13H18O5S/c1-4-13(5-2,12(14)15)19(16,17)11-8-6-10(18-3)7-9-11/h6-9H,4-5H2,1-3H3,(H,14,15). The summed E-state index contributed by atoms with van der Waals surface area (Å²) < 4.78 is 28.3. The van der Waals surface area contributed by atoms with Crippen molar-refractivity contribution in [1.82, 2.24) is 0 Å². The first-order valence-electron chi connectivity index (χ1n) is 5.97. The lowest BCUT2D eigenvalue weighted by atomic mass is 10.0. The summed E-state index contributed by atoms with van der Waals surface area (Å²) in [6, 6.07) is 5.75. The van der Waals surface area contributed by atoms with Crippen LogP contribution in [0.15, 0.2) is 29.2 Å². The third kappa shape index (κ3) is 2.45. The Bertz CT molecular complexity index is 541. The fourth-order valence-corrected chi connectivity index (χ4v) is 3.96. The Morgan fingerprint density at radius 3 is 2.00 bits per heavy atom. The molecular formula is C13H18O5S. The highest BCUT2D eigenvalue weighted by atomic mass is 32.2. The molecule has 0 bridgehead atoms. The molecule has 0 heterocycles. The lowest BCUT2D eigenvalue weighted by molar-refractivity contribution is -0.140. The maximum Gasteiger partial charge on any atom is 0.325 e. The summed E-state index contributed by atoms with van der Waals surface area (Å²) in [6.07, 6.45) is 0.0421. The molecule has 19 heavy (non-hydrogen) atoms. The van der Waals surface area contributed by atoms with Crippen molar-refractivity contribution in [2.24, 2.45) is 0 Å². The van der Waals surface area contributed by atoms with E-state index in [-0.39, 0.29) is 17.7 Å². The molecule has 0 spiro atoms. The summed E-state index contributed by atoms with van der Waals surface area (Å²) in [5.41, 5.74) is 0. The number of sulfone groups is 1. The molecule has 1 aromatic rings. The van der Waals surface area contributed by atoms with E-state index in [0.29, 0.717) is 5.75 Å². The van der Waals surface area contributed by atoms with Crippen LogP contribution in [-0.2, 0) is 14.6 Å². The Balaban J connectivity index is 3.39. The van der Waals surface area contributed by atoms with Gasteiger partial charge in [-0.25, -0.2) is 8.42 Å². The average molecular weight is 286 g/mol. The number of rotatable bonds is 6. The van der Waals surface area contributed by atoms with Gasteiger partial charge in [0.2, 0.25) is 0 Å². The number of carboxylic acid groups (broad SMARTS) is 1. The molecule has 1 aromatic carbocycles. The van der Waals surface area contributed by atoms with E-state index in [0.717, 1.165) is 0 Å². The quantitative estimate of drug-likeness (QED) is 0.866. The summed E-state index contributed by atoms with van der Waals surface area (Å²) in [7, 11) is -2.47. The van der Waals surface area contributed by atoms with Gasteiger partial charge in [0.15, 0.2) is 14.6 Å². The average Bonchev–Trinajstić information content (AvgIpc) is 2.40. The van der Waals surface area contributed by atoms with Crippen LogP contribution in [-0.4, -0.2) is 31.4 Å². The summed E-state index contributed by atoms with van der Waals surface area (Å²) in [5.74, 6) is -0.791. The minimum absolute atomic E-state index is 0.000556. The zero-order chi connectivity index (χ0) is 14.7. The fourth-order valence-electron chi connectivity index (χ4n) is 2.03. The Morgan fingerprint density at radius 2 is 1.68 bits per heavy atom. The molecule has 1 rings (SSSR count). The van der Waals surface area contributed by atoms with E-state index in [1.807, 2.05) is 0 Å². The highest BCUT2D eigenvalue weighted by molar-refractivity contribution is 7.93. The van der Waals surface area contributed by atoms with Crippen molar-refractivity contribution >= 4 is 15.8 Å². The number of aliphatic carboxylic acids is 1.